The zero-order valence-electron chi connectivity index (χ0n) is 18.8. The highest BCUT2D eigenvalue weighted by atomic mass is 16.6. The molecule has 184 valence electrons. The van der Waals surface area contributed by atoms with Crippen LogP contribution in [0.4, 0.5) is 5.82 Å². The number of amides is 1. The minimum absolute atomic E-state index is 0.0317. The van der Waals surface area contributed by atoms with Gasteiger partial charge < -0.3 is 39.8 Å². The van der Waals surface area contributed by atoms with Crippen LogP contribution in [0.5, 0.6) is 0 Å². The first-order valence-electron chi connectivity index (χ1n) is 10.8. The number of carbonyl (C=O) groups excluding carboxylic acids is 2. The number of esters is 1. The maximum atomic E-state index is 13.2. The van der Waals surface area contributed by atoms with Gasteiger partial charge in [0.2, 0.25) is 0 Å². The van der Waals surface area contributed by atoms with Crippen LogP contribution in [0.25, 0.3) is 11.2 Å². The van der Waals surface area contributed by atoms with E-state index >= 15 is 0 Å². The monoisotopic (exact) mass is 478 g/mol. The number of methoxy groups -OCH3 is 1. The average Bonchev–Trinajstić information content (AvgIpc) is 3.52. The van der Waals surface area contributed by atoms with Gasteiger partial charge in [0.15, 0.2) is 23.4 Å². The molecule has 2 bridgehead atoms. The third kappa shape index (κ3) is 2.89. The number of anilines is 1. The lowest BCUT2D eigenvalue weighted by Crippen LogP contribution is -2.60. The lowest BCUT2D eigenvalue weighted by atomic mass is 9.86. The standard InChI is InChI=1S/C20H26N6O8/c1-4-32-10-6-19(25(2)17(29)20(10,34-19)18(30)31-3)5-9-12(27)13(28)16(33-9)26-8-24-11-14(21)22-7-23-15(11)26/h7-10,12-13,16,27-28H,4-6H2,1-3H3,(H2,21,22,23)/t9-,10+,12-,13-,16-,19+,20-/m1/s1. The highest BCUT2D eigenvalue weighted by Gasteiger charge is 2.75. The van der Waals surface area contributed by atoms with Gasteiger partial charge in [-0.25, -0.2) is 19.7 Å². The summed E-state index contributed by atoms with van der Waals surface area (Å²) in [6.07, 6.45) is -2.76. The van der Waals surface area contributed by atoms with Crippen LogP contribution in [0.2, 0.25) is 0 Å². The summed E-state index contributed by atoms with van der Waals surface area (Å²) in [6, 6.07) is 0. The molecule has 1 amide bonds. The predicted molar refractivity (Wildman–Crippen MR) is 112 cm³/mol. The molecule has 0 aliphatic carbocycles. The molecule has 14 nitrogen and oxygen atoms in total. The van der Waals surface area contributed by atoms with Gasteiger partial charge in [0.05, 0.1) is 19.5 Å². The van der Waals surface area contributed by atoms with Crippen LogP contribution >= 0.6 is 0 Å². The van der Waals surface area contributed by atoms with Crippen LogP contribution in [0.15, 0.2) is 12.7 Å². The van der Waals surface area contributed by atoms with Gasteiger partial charge in [-0.3, -0.25) is 9.36 Å². The lowest BCUT2D eigenvalue weighted by Gasteiger charge is -2.37. The first-order chi connectivity index (χ1) is 16.2. The van der Waals surface area contributed by atoms with E-state index < -0.39 is 53.8 Å². The molecule has 0 spiro atoms. The molecule has 14 heteroatoms. The molecule has 0 saturated carbocycles. The number of nitrogens with zero attached hydrogens (tertiary/aromatic N) is 5. The molecule has 0 aromatic carbocycles. The number of nitrogen functional groups attached to an aromatic ring is 1. The number of likely N-dealkylation sites (tertiary alicyclic amines) is 1. The molecule has 0 radical (unpaired) electrons. The molecule has 34 heavy (non-hydrogen) atoms. The van der Waals surface area contributed by atoms with Gasteiger partial charge in [-0.2, -0.15) is 0 Å². The Kier molecular flexibility index (Phi) is 5.25. The van der Waals surface area contributed by atoms with Crippen molar-refractivity contribution in [2.75, 3.05) is 26.5 Å². The number of rotatable bonds is 6. The molecule has 2 aromatic rings. The van der Waals surface area contributed by atoms with Crippen molar-refractivity contribution in [2.24, 2.45) is 0 Å². The second kappa shape index (κ2) is 7.81. The molecule has 7 atom stereocenters. The quantitative estimate of drug-likeness (QED) is 0.317. The molecular weight excluding hydrogens is 452 g/mol. The van der Waals surface area contributed by atoms with Crippen molar-refractivity contribution in [3.63, 3.8) is 0 Å². The number of carbonyl (C=O) groups is 2. The van der Waals surface area contributed by atoms with Crippen LogP contribution in [0.3, 0.4) is 0 Å². The Balaban J connectivity index is 1.44. The summed E-state index contributed by atoms with van der Waals surface area (Å²) in [6.45, 7) is 2.00. The Morgan fingerprint density at radius 3 is 2.79 bits per heavy atom. The van der Waals surface area contributed by atoms with Crippen LogP contribution in [-0.4, -0.2) is 103 Å². The molecule has 4 N–H and O–H groups in total. The minimum Gasteiger partial charge on any atom is -0.466 e. The second-order valence-electron chi connectivity index (χ2n) is 8.62. The van der Waals surface area contributed by atoms with Crippen molar-refractivity contribution in [3.8, 4) is 0 Å². The van der Waals surface area contributed by atoms with E-state index in [1.165, 1.54) is 36.3 Å². The lowest BCUT2D eigenvalue weighted by molar-refractivity contribution is -0.181. The first-order valence-corrected chi connectivity index (χ1v) is 10.8. The van der Waals surface area contributed by atoms with E-state index in [0.717, 1.165) is 0 Å². The van der Waals surface area contributed by atoms with Crippen LogP contribution in [0, 0.1) is 0 Å². The Morgan fingerprint density at radius 2 is 2.09 bits per heavy atom. The summed E-state index contributed by atoms with van der Waals surface area (Å²) in [7, 11) is 2.68. The van der Waals surface area contributed by atoms with Crippen molar-refractivity contribution < 1.29 is 38.7 Å². The smallest absolute Gasteiger partial charge is 0.351 e. The van der Waals surface area contributed by atoms with Gasteiger partial charge in [0.25, 0.3) is 11.5 Å². The van der Waals surface area contributed by atoms with Gasteiger partial charge in [-0.1, -0.05) is 0 Å². The van der Waals surface area contributed by atoms with Crippen molar-refractivity contribution in [1.82, 2.24) is 24.4 Å². The zero-order chi connectivity index (χ0) is 24.4. The summed E-state index contributed by atoms with van der Waals surface area (Å²) in [5.74, 6) is -1.28. The van der Waals surface area contributed by atoms with Crippen LogP contribution in [-0.2, 0) is 28.5 Å². The molecular formula is C20H26N6O8. The second-order valence-corrected chi connectivity index (χ2v) is 8.62. The number of piperidine rings is 1. The summed E-state index contributed by atoms with van der Waals surface area (Å²) < 4.78 is 24.2. The normalized spacial score (nSPS) is 37.1. The van der Waals surface area contributed by atoms with Crippen LogP contribution in [0.1, 0.15) is 26.0 Å². The Hall–Kier alpha value is -2.91. The molecule has 3 fully saturated rings. The molecule has 3 aliphatic rings. The van der Waals surface area contributed by atoms with Gasteiger partial charge in [0, 0.05) is 26.5 Å². The summed E-state index contributed by atoms with van der Waals surface area (Å²) in [5, 5.41) is 21.6. The summed E-state index contributed by atoms with van der Waals surface area (Å²) in [5.41, 5.74) is 3.25. The number of imidazole rings is 1. The minimum atomic E-state index is -1.93. The van der Waals surface area contributed by atoms with E-state index in [4.69, 9.17) is 24.7 Å². The maximum Gasteiger partial charge on any atom is 0.351 e. The zero-order valence-corrected chi connectivity index (χ0v) is 18.8. The molecule has 0 unspecified atom stereocenters. The predicted octanol–water partition coefficient (Wildman–Crippen LogP) is -1.68. The Morgan fingerprint density at radius 1 is 1.32 bits per heavy atom. The fourth-order valence-electron chi connectivity index (χ4n) is 5.21. The van der Waals surface area contributed by atoms with Gasteiger partial charge >= 0.3 is 5.97 Å². The number of aliphatic hydroxyl groups is 2. The van der Waals surface area contributed by atoms with Crippen molar-refractivity contribution >= 4 is 28.9 Å². The third-order valence-electron chi connectivity index (χ3n) is 6.92. The largest absolute Gasteiger partial charge is 0.466 e. The number of aromatic nitrogens is 4. The highest BCUT2D eigenvalue weighted by Crippen LogP contribution is 2.53. The molecule has 3 aliphatic heterocycles. The number of hydrogen-bond donors (Lipinski definition) is 3. The number of hydrogen-bond acceptors (Lipinski definition) is 12. The number of nitrogens with two attached hydrogens (primary N) is 1. The van der Waals surface area contributed by atoms with Gasteiger partial charge in [-0.15, -0.1) is 0 Å². The Labute approximate surface area is 193 Å². The summed E-state index contributed by atoms with van der Waals surface area (Å²) in [4.78, 5) is 39.3. The SMILES string of the molecule is CCO[C@H]1C[C@]2(C[C@H]3O[C@@H](n4cnc5c(N)ncnc54)[C@H](O)[C@@H]3O)O[C@@]1(C(=O)OC)C(=O)N2C. The highest BCUT2D eigenvalue weighted by molar-refractivity contribution is 6.09. The maximum absolute atomic E-state index is 13.2. The van der Waals surface area contributed by atoms with Gasteiger partial charge in [0.1, 0.15) is 30.2 Å². The number of ether oxygens (including phenoxy) is 4. The number of aliphatic hydroxyl groups excluding tert-OH is 2. The number of likely N-dealkylation sites (N-methyl/N-ethyl adjacent to an activating group) is 1. The van der Waals surface area contributed by atoms with E-state index in [1.807, 2.05) is 0 Å². The van der Waals surface area contributed by atoms with Crippen molar-refractivity contribution in [1.29, 1.82) is 0 Å². The van der Waals surface area contributed by atoms with Crippen LogP contribution < -0.4 is 5.73 Å². The molecule has 5 rings (SSSR count). The van der Waals surface area contributed by atoms with E-state index in [1.54, 1.807) is 6.92 Å². The third-order valence-corrected chi connectivity index (χ3v) is 6.92. The van der Waals surface area contributed by atoms with E-state index in [9.17, 15) is 19.8 Å². The van der Waals surface area contributed by atoms with Crippen molar-refractivity contribution in [3.05, 3.63) is 12.7 Å². The topological polar surface area (TPSA) is 184 Å². The first kappa shape index (κ1) is 22.9. The molecule has 2 aromatic heterocycles. The van der Waals surface area contributed by atoms with E-state index in [0.29, 0.717) is 11.2 Å². The average molecular weight is 478 g/mol. The number of fused-ring (bicyclic) bond motifs is 3. The van der Waals surface area contributed by atoms with Gasteiger partial charge in [-0.05, 0) is 6.92 Å². The van der Waals surface area contributed by atoms with E-state index in [-0.39, 0.29) is 25.3 Å². The Bertz CT molecular complexity index is 1140. The summed E-state index contributed by atoms with van der Waals surface area (Å²) >= 11 is 0. The van der Waals surface area contributed by atoms with Crippen molar-refractivity contribution in [2.45, 2.75) is 61.7 Å². The van der Waals surface area contributed by atoms with E-state index in [2.05, 4.69) is 15.0 Å². The molecule has 3 saturated heterocycles. The fraction of sp³-hybridized carbons (Fsp3) is 0.650. The molecule has 5 heterocycles. The fourth-order valence-corrected chi connectivity index (χ4v) is 5.21.